The van der Waals surface area contributed by atoms with E-state index in [1.165, 1.54) is 0 Å². The fourth-order valence-electron chi connectivity index (χ4n) is 4.04. The number of rotatable bonds is 10. The molecule has 0 aliphatic heterocycles. The van der Waals surface area contributed by atoms with Crippen LogP contribution in [-0.4, -0.2) is 17.5 Å². The lowest BCUT2D eigenvalue weighted by molar-refractivity contribution is -0.166. The highest BCUT2D eigenvalue weighted by Gasteiger charge is 2.41. The molecule has 2 aromatic rings. The lowest BCUT2D eigenvalue weighted by Crippen LogP contribution is -2.46. The van der Waals surface area contributed by atoms with Gasteiger partial charge in [0.15, 0.2) is 0 Å². The van der Waals surface area contributed by atoms with Gasteiger partial charge in [0, 0.05) is 0 Å². The zero-order chi connectivity index (χ0) is 24.4. The molecule has 0 aromatic heterocycles. The van der Waals surface area contributed by atoms with E-state index in [0.717, 1.165) is 11.1 Å². The number of carbonyl (C=O) groups excluding carboxylic acids is 2. The van der Waals surface area contributed by atoms with Crippen LogP contribution in [0.15, 0.2) is 66.7 Å². The summed E-state index contributed by atoms with van der Waals surface area (Å²) >= 11 is 0. The first-order chi connectivity index (χ1) is 15.6. The summed E-state index contributed by atoms with van der Waals surface area (Å²) in [7, 11) is 0. The zero-order valence-electron chi connectivity index (χ0n) is 20.5. The molecule has 5 nitrogen and oxygen atoms in total. The van der Waals surface area contributed by atoms with Crippen LogP contribution in [-0.2, 0) is 20.7 Å². The Hall–Kier alpha value is -2.92. The van der Waals surface area contributed by atoms with Crippen LogP contribution in [0.3, 0.4) is 0 Å². The maximum atomic E-state index is 13.6. The number of hydrazine groups is 1. The van der Waals surface area contributed by atoms with Gasteiger partial charge in [-0.3, -0.25) is 15.0 Å². The molecule has 0 fully saturated rings. The summed E-state index contributed by atoms with van der Waals surface area (Å²) in [5.41, 5.74) is 3.74. The third-order valence-electron chi connectivity index (χ3n) is 5.43. The fraction of sp³-hybridized carbons (Fsp3) is 0.429. The van der Waals surface area contributed by atoms with Crippen LogP contribution in [0.2, 0.25) is 0 Å². The quantitative estimate of drug-likeness (QED) is 0.226. The van der Waals surface area contributed by atoms with Gasteiger partial charge >= 0.3 is 5.97 Å². The lowest BCUT2D eigenvalue weighted by Gasteiger charge is -2.33. The lowest BCUT2D eigenvalue weighted by atomic mass is 9.74. The van der Waals surface area contributed by atoms with Crippen molar-refractivity contribution in [3.8, 4) is 0 Å². The van der Waals surface area contributed by atoms with E-state index in [2.05, 4.69) is 5.43 Å². The van der Waals surface area contributed by atoms with E-state index in [-0.39, 0.29) is 23.7 Å². The average molecular weight is 451 g/mol. The van der Waals surface area contributed by atoms with E-state index in [4.69, 9.17) is 10.6 Å². The minimum Gasteiger partial charge on any atom is -0.460 e. The van der Waals surface area contributed by atoms with E-state index in [1.807, 2.05) is 107 Å². The van der Waals surface area contributed by atoms with Crippen molar-refractivity contribution in [1.82, 2.24) is 5.43 Å². The maximum Gasteiger partial charge on any atom is 0.310 e. The highest BCUT2D eigenvalue weighted by molar-refractivity contribution is 5.85. The second kappa shape index (κ2) is 12.4. The van der Waals surface area contributed by atoms with Crippen LogP contribution in [0.1, 0.15) is 52.2 Å². The van der Waals surface area contributed by atoms with E-state index < -0.39 is 17.4 Å². The van der Waals surface area contributed by atoms with Crippen LogP contribution >= 0.6 is 0 Å². The second-order valence-corrected chi connectivity index (χ2v) is 9.93. The Balaban J connectivity index is 2.55. The molecule has 0 aliphatic rings. The fourth-order valence-corrected chi connectivity index (χ4v) is 4.04. The molecule has 1 unspecified atom stereocenters. The SMILES string of the molecule is CC(C)C[C@@H](C(=O)NN)[C@@H](C(=O)OC(C)(C)C)C(/C=C/c1ccccc1)Cc1ccccc1. The predicted molar refractivity (Wildman–Crippen MR) is 134 cm³/mol. The van der Waals surface area contributed by atoms with Gasteiger partial charge < -0.3 is 4.74 Å². The molecular formula is C28H38N2O3. The molecule has 0 saturated carbocycles. The van der Waals surface area contributed by atoms with Gasteiger partial charge in [-0.2, -0.15) is 0 Å². The average Bonchev–Trinajstić information content (AvgIpc) is 2.76. The minimum absolute atomic E-state index is 0.202. The zero-order valence-corrected chi connectivity index (χ0v) is 20.5. The monoisotopic (exact) mass is 450 g/mol. The molecule has 2 aromatic carbocycles. The van der Waals surface area contributed by atoms with Crippen molar-refractivity contribution in [2.75, 3.05) is 0 Å². The largest absolute Gasteiger partial charge is 0.460 e. The van der Waals surface area contributed by atoms with E-state index >= 15 is 0 Å². The number of allylic oxidation sites excluding steroid dienone is 1. The first-order valence-corrected chi connectivity index (χ1v) is 11.6. The van der Waals surface area contributed by atoms with Gasteiger partial charge in [-0.15, -0.1) is 0 Å². The van der Waals surface area contributed by atoms with E-state index in [1.54, 1.807) is 0 Å². The summed E-state index contributed by atoms with van der Waals surface area (Å²) in [5, 5.41) is 0. The molecule has 3 N–H and O–H groups in total. The Labute approximate surface area is 198 Å². The molecule has 0 aliphatic carbocycles. The Morgan fingerprint density at radius 1 is 1.00 bits per heavy atom. The molecular weight excluding hydrogens is 412 g/mol. The van der Waals surface area contributed by atoms with Crippen LogP contribution in [0, 0.1) is 23.7 Å². The van der Waals surface area contributed by atoms with Gasteiger partial charge in [0.05, 0.1) is 11.8 Å². The molecule has 0 spiro atoms. The molecule has 0 bridgehead atoms. The van der Waals surface area contributed by atoms with Gasteiger partial charge in [0.2, 0.25) is 5.91 Å². The smallest absolute Gasteiger partial charge is 0.310 e. The highest BCUT2D eigenvalue weighted by atomic mass is 16.6. The minimum atomic E-state index is -0.685. The Bertz CT molecular complexity index is 902. The van der Waals surface area contributed by atoms with Crippen molar-refractivity contribution in [2.24, 2.45) is 29.5 Å². The number of hydrogen-bond donors (Lipinski definition) is 2. The molecule has 3 atom stereocenters. The molecule has 2 rings (SSSR count). The van der Waals surface area contributed by atoms with Gasteiger partial charge in [0.1, 0.15) is 5.60 Å². The van der Waals surface area contributed by atoms with Crippen molar-refractivity contribution in [1.29, 1.82) is 0 Å². The number of ether oxygens (including phenoxy) is 1. The van der Waals surface area contributed by atoms with Crippen LogP contribution < -0.4 is 11.3 Å². The number of hydrogen-bond acceptors (Lipinski definition) is 4. The normalized spacial score (nSPS) is 14.6. The van der Waals surface area contributed by atoms with Crippen LogP contribution in [0.4, 0.5) is 0 Å². The second-order valence-electron chi connectivity index (χ2n) is 9.93. The van der Waals surface area contributed by atoms with Crippen molar-refractivity contribution in [3.63, 3.8) is 0 Å². The topological polar surface area (TPSA) is 81.4 Å². The predicted octanol–water partition coefficient (Wildman–Crippen LogP) is 5.17. The summed E-state index contributed by atoms with van der Waals surface area (Å²) in [6, 6.07) is 19.9. The van der Waals surface area contributed by atoms with Gasteiger partial charge in [0.25, 0.3) is 0 Å². The van der Waals surface area contributed by atoms with Crippen molar-refractivity contribution < 1.29 is 14.3 Å². The summed E-state index contributed by atoms with van der Waals surface area (Å²) in [6.45, 7) is 9.60. The Kier molecular flexibility index (Phi) is 9.86. The number of amides is 1. The molecule has 0 radical (unpaired) electrons. The van der Waals surface area contributed by atoms with E-state index in [9.17, 15) is 9.59 Å². The van der Waals surface area contributed by atoms with Gasteiger partial charge in [-0.05, 0) is 56.6 Å². The summed E-state index contributed by atoms with van der Waals surface area (Å²) in [6.07, 6.45) is 5.17. The number of nitrogens with two attached hydrogens (primary N) is 1. The van der Waals surface area contributed by atoms with Crippen molar-refractivity contribution in [2.45, 2.75) is 53.1 Å². The van der Waals surface area contributed by atoms with Crippen LogP contribution in [0.25, 0.3) is 6.08 Å². The first kappa shape index (κ1) is 26.3. The highest BCUT2D eigenvalue weighted by Crippen LogP contribution is 2.33. The van der Waals surface area contributed by atoms with Gasteiger partial charge in [-0.25, -0.2) is 5.84 Å². The molecule has 0 heterocycles. The number of benzene rings is 2. The first-order valence-electron chi connectivity index (χ1n) is 11.6. The summed E-state index contributed by atoms with van der Waals surface area (Å²) in [4.78, 5) is 26.5. The molecule has 33 heavy (non-hydrogen) atoms. The van der Waals surface area contributed by atoms with Crippen molar-refractivity contribution in [3.05, 3.63) is 77.9 Å². The van der Waals surface area contributed by atoms with E-state index in [0.29, 0.717) is 12.8 Å². The van der Waals surface area contributed by atoms with Crippen LogP contribution in [0.5, 0.6) is 0 Å². The number of esters is 1. The number of carbonyl (C=O) groups is 2. The summed E-state index contributed by atoms with van der Waals surface area (Å²) < 4.78 is 5.83. The number of nitrogens with one attached hydrogen (secondary N) is 1. The molecule has 5 heteroatoms. The third kappa shape index (κ3) is 8.85. The molecule has 1 amide bonds. The molecule has 0 saturated heterocycles. The maximum absolute atomic E-state index is 13.6. The Morgan fingerprint density at radius 3 is 2.09 bits per heavy atom. The summed E-state index contributed by atoms with van der Waals surface area (Å²) in [5.74, 6) is 3.48. The van der Waals surface area contributed by atoms with Crippen molar-refractivity contribution >= 4 is 18.0 Å². The standard InChI is InChI=1S/C28H38N2O3/c1-20(2)18-24(26(31)30-29)25(27(32)33-28(3,4)5)23(19-22-14-10-7-11-15-22)17-16-21-12-8-6-9-13-21/h6-17,20,23-25H,18-19,29H2,1-5H3,(H,30,31)/b17-16+/t23?,24-,25+/m1/s1. The van der Waals surface area contributed by atoms with Gasteiger partial charge in [-0.1, -0.05) is 86.7 Å². The third-order valence-corrected chi connectivity index (χ3v) is 5.43. The molecule has 178 valence electrons. The Morgan fingerprint density at radius 2 is 1.58 bits per heavy atom.